The van der Waals surface area contributed by atoms with E-state index in [0.29, 0.717) is 0 Å². The minimum atomic E-state index is 0.0406. The van der Waals surface area contributed by atoms with Crippen molar-refractivity contribution in [2.24, 2.45) is 0 Å². The fourth-order valence-corrected chi connectivity index (χ4v) is 2.77. The quantitative estimate of drug-likeness (QED) is 0.823. The SMILES string of the molecule is CN1Cc2ccc(NC(=O)N3CCCC3)cc2C1. The van der Waals surface area contributed by atoms with Gasteiger partial charge in [0.1, 0.15) is 0 Å². The lowest BCUT2D eigenvalue weighted by atomic mass is 10.1. The molecule has 0 radical (unpaired) electrons. The Kier molecular flexibility index (Phi) is 2.96. The van der Waals surface area contributed by atoms with Gasteiger partial charge in [-0.1, -0.05) is 6.07 Å². The number of urea groups is 1. The summed E-state index contributed by atoms with van der Waals surface area (Å²) in [4.78, 5) is 16.1. The molecule has 1 fully saturated rings. The second-order valence-corrected chi connectivity index (χ2v) is 5.28. The Morgan fingerprint density at radius 2 is 1.89 bits per heavy atom. The third-order valence-corrected chi connectivity index (χ3v) is 3.73. The maximum Gasteiger partial charge on any atom is 0.321 e. The highest BCUT2D eigenvalue weighted by atomic mass is 16.2. The van der Waals surface area contributed by atoms with Crippen molar-refractivity contribution in [3.63, 3.8) is 0 Å². The van der Waals surface area contributed by atoms with Crippen molar-refractivity contribution in [3.05, 3.63) is 29.3 Å². The Morgan fingerprint density at radius 3 is 2.67 bits per heavy atom. The van der Waals surface area contributed by atoms with Crippen LogP contribution in [0.4, 0.5) is 10.5 Å². The van der Waals surface area contributed by atoms with Crippen LogP contribution in [0.3, 0.4) is 0 Å². The van der Waals surface area contributed by atoms with E-state index < -0.39 is 0 Å². The number of fused-ring (bicyclic) bond motifs is 1. The van der Waals surface area contributed by atoms with E-state index in [0.717, 1.165) is 44.7 Å². The van der Waals surface area contributed by atoms with Crippen LogP contribution in [-0.2, 0) is 13.1 Å². The molecule has 0 aliphatic carbocycles. The molecule has 3 rings (SSSR count). The van der Waals surface area contributed by atoms with E-state index in [1.807, 2.05) is 11.0 Å². The van der Waals surface area contributed by atoms with Crippen LogP contribution in [-0.4, -0.2) is 36.0 Å². The lowest BCUT2D eigenvalue weighted by Gasteiger charge is -2.16. The number of nitrogens with zero attached hydrogens (tertiary/aromatic N) is 2. The molecule has 4 nitrogen and oxygen atoms in total. The van der Waals surface area contributed by atoms with Gasteiger partial charge in [-0.2, -0.15) is 0 Å². The maximum absolute atomic E-state index is 12.0. The largest absolute Gasteiger partial charge is 0.325 e. The molecule has 1 aromatic rings. The monoisotopic (exact) mass is 245 g/mol. The second-order valence-electron chi connectivity index (χ2n) is 5.28. The smallest absolute Gasteiger partial charge is 0.321 e. The molecule has 2 amide bonds. The topological polar surface area (TPSA) is 35.6 Å². The van der Waals surface area contributed by atoms with Gasteiger partial charge in [-0.25, -0.2) is 4.79 Å². The highest BCUT2D eigenvalue weighted by Gasteiger charge is 2.19. The highest BCUT2D eigenvalue weighted by Crippen LogP contribution is 2.24. The number of likely N-dealkylation sites (tertiary alicyclic amines) is 1. The Labute approximate surface area is 108 Å². The standard InChI is InChI=1S/C14H19N3O/c1-16-9-11-4-5-13(8-12(11)10-16)15-14(18)17-6-2-3-7-17/h4-5,8H,2-3,6-7,9-10H2,1H3,(H,15,18). The number of hydrogen-bond donors (Lipinski definition) is 1. The van der Waals surface area contributed by atoms with E-state index in [4.69, 9.17) is 0 Å². The molecule has 1 saturated heterocycles. The zero-order chi connectivity index (χ0) is 12.5. The zero-order valence-electron chi connectivity index (χ0n) is 10.8. The van der Waals surface area contributed by atoms with E-state index >= 15 is 0 Å². The molecule has 0 saturated carbocycles. The Bertz CT molecular complexity index is 466. The summed E-state index contributed by atoms with van der Waals surface area (Å²) >= 11 is 0. The molecule has 96 valence electrons. The van der Waals surface area contributed by atoms with Gasteiger partial charge in [0.25, 0.3) is 0 Å². The fourth-order valence-electron chi connectivity index (χ4n) is 2.77. The average Bonchev–Trinajstić information content (AvgIpc) is 2.95. The highest BCUT2D eigenvalue weighted by molar-refractivity contribution is 5.89. The minimum Gasteiger partial charge on any atom is -0.325 e. The van der Waals surface area contributed by atoms with Crippen molar-refractivity contribution >= 4 is 11.7 Å². The maximum atomic E-state index is 12.0. The average molecular weight is 245 g/mol. The second kappa shape index (κ2) is 4.61. The number of rotatable bonds is 1. The molecule has 2 aliphatic rings. The zero-order valence-corrected chi connectivity index (χ0v) is 10.8. The van der Waals surface area contributed by atoms with Crippen LogP contribution in [0.25, 0.3) is 0 Å². The third kappa shape index (κ3) is 2.20. The predicted molar refractivity (Wildman–Crippen MR) is 71.4 cm³/mol. The van der Waals surface area contributed by atoms with Crippen molar-refractivity contribution < 1.29 is 4.79 Å². The lowest BCUT2D eigenvalue weighted by Crippen LogP contribution is -2.32. The molecule has 4 heteroatoms. The van der Waals surface area contributed by atoms with Gasteiger partial charge < -0.3 is 10.2 Å². The first-order valence-corrected chi connectivity index (χ1v) is 6.58. The molecular weight excluding hydrogens is 226 g/mol. The lowest BCUT2D eigenvalue weighted by molar-refractivity contribution is 0.222. The first kappa shape index (κ1) is 11.5. The molecule has 1 N–H and O–H groups in total. The Morgan fingerprint density at radius 1 is 1.17 bits per heavy atom. The van der Waals surface area contributed by atoms with Crippen molar-refractivity contribution in [2.45, 2.75) is 25.9 Å². The number of carbonyl (C=O) groups is 1. The third-order valence-electron chi connectivity index (χ3n) is 3.73. The number of hydrogen-bond acceptors (Lipinski definition) is 2. The molecule has 0 unspecified atom stereocenters. The first-order valence-electron chi connectivity index (χ1n) is 6.58. The molecular formula is C14H19N3O. The molecule has 0 spiro atoms. The number of carbonyl (C=O) groups excluding carboxylic acids is 1. The van der Waals surface area contributed by atoms with Crippen LogP contribution in [0.2, 0.25) is 0 Å². The van der Waals surface area contributed by atoms with E-state index in [-0.39, 0.29) is 6.03 Å². The van der Waals surface area contributed by atoms with Gasteiger partial charge in [-0.15, -0.1) is 0 Å². The van der Waals surface area contributed by atoms with Gasteiger partial charge in [-0.3, -0.25) is 4.90 Å². The van der Waals surface area contributed by atoms with Gasteiger partial charge in [0.15, 0.2) is 0 Å². The molecule has 0 bridgehead atoms. The number of nitrogens with one attached hydrogen (secondary N) is 1. The molecule has 2 heterocycles. The summed E-state index contributed by atoms with van der Waals surface area (Å²) in [5.41, 5.74) is 3.62. The van der Waals surface area contributed by atoms with Crippen molar-refractivity contribution in [3.8, 4) is 0 Å². The number of amides is 2. The van der Waals surface area contributed by atoms with Crippen molar-refractivity contribution in [1.29, 1.82) is 0 Å². The summed E-state index contributed by atoms with van der Waals surface area (Å²) < 4.78 is 0. The van der Waals surface area contributed by atoms with Crippen LogP contribution < -0.4 is 5.32 Å². The molecule has 0 aromatic heterocycles. The fraction of sp³-hybridized carbons (Fsp3) is 0.500. The predicted octanol–water partition coefficient (Wildman–Crippen LogP) is 2.26. The molecule has 2 aliphatic heterocycles. The summed E-state index contributed by atoms with van der Waals surface area (Å²) in [7, 11) is 2.11. The Balaban J connectivity index is 1.70. The number of benzene rings is 1. The van der Waals surface area contributed by atoms with Gasteiger partial charge in [0.05, 0.1) is 0 Å². The summed E-state index contributed by atoms with van der Waals surface area (Å²) in [6.45, 7) is 3.76. The summed E-state index contributed by atoms with van der Waals surface area (Å²) in [6, 6.07) is 6.27. The normalized spacial score (nSPS) is 19.1. The Hall–Kier alpha value is -1.55. The summed E-state index contributed by atoms with van der Waals surface area (Å²) in [5, 5.41) is 3.00. The molecule has 0 atom stereocenters. The molecule has 18 heavy (non-hydrogen) atoms. The number of anilines is 1. The van der Waals surface area contributed by atoms with Crippen molar-refractivity contribution in [2.75, 3.05) is 25.5 Å². The molecule has 1 aromatic carbocycles. The van der Waals surface area contributed by atoms with Crippen LogP contribution in [0, 0.1) is 0 Å². The van der Waals surface area contributed by atoms with Gasteiger partial charge in [-0.05, 0) is 43.1 Å². The van der Waals surface area contributed by atoms with Crippen LogP contribution in [0.1, 0.15) is 24.0 Å². The van der Waals surface area contributed by atoms with E-state index in [1.54, 1.807) is 0 Å². The summed E-state index contributed by atoms with van der Waals surface area (Å²) in [6.07, 6.45) is 2.25. The minimum absolute atomic E-state index is 0.0406. The van der Waals surface area contributed by atoms with Crippen molar-refractivity contribution in [1.82, 2.24) is 9.80 Å². The summed E-state index contributed by atoms with van der Waals surface area (Å²) in [5.74, 6) is 0. The van der Waals surface area contributed by atoms with Gasteiger partial charge >= 0.3 is 6.03 Å². The van der Waals surface area contributed by atoms with E-state index in [2.05, 4.69) is 29.4 Å². The van der Waals surface area contributed by atoms with Gasteiger partial charge in [0.2, 0.25) is 0 Å². The van der Waals surface area contributed by atoms with Crippen LogP contribution in [0.15, 0.2) is 18.2 Å². The van der Waals surface area contributed by atoms with E-state index in [9.17, 15) is 4.79 Å². The van der Waals surface area contributed by atoms with E-state index in [1.165, 1.54) is 11.1 Å². The van der Waals surface area contributed by atoms with Crippen LogP contribution >= 0.6 is 0 Å². The van der Waals surface area contributed by atoms with Gasteiger partial charge in [0, 0.05) is 31.9 Å². The van der Waals surface area contributed by atoms with Crippen LogP contribution in [0.5, 0.6) is 0 Å². The first-order chi connectivity index (χ1) is 8.72.